The summed E-state index contributed by atoms with van der Waals surface area (Å²) in [4.78, 5) is 27.6. The fourth-order valence-electron chi connectivity index (χ4n) is 2.54. The van der Waals surface area contributed by atoms with Crippen LogP contribution in [0.2, 0.25) is 0 Å². The third kappa shape index (κ3) is 3.67. The van der Waals surface area contributed by atoms with Gasteiger partial charge in [0, 0.05) is 18.3 Å². The molecule has 0 bridgehead atoms. The van der Waals surface area contributed by atoms with E-state index in [9.17, 15) is 9.59 Å². The number of ether oxygens (including phenoxy) is 1. The van der Waals surface area contributed by atoms with Crippen molar-refractivity contribution in [1.29, 1.82) is 0 Å². The number of nitrogens with zero attached hydrogens (tertiary/aromatic N) is 1. The first-order valence-electron chi connectivity index (χ1n) is 8.16. The molecule has 0 atom stereocenters. The highest BCUT2D eigenvalue weighted by atomic mass is 32.1. The first-order chi connectivity index (χ1) is 12.3. The minimum absolute atomic E-state index is 0.0891. The molecule has 2 aromatic carbocycles. The van der Waals surface area contributed by atoms with E-state index in [1.165, 1.54) is 4.57 Å². The number of amides is 1. The maximum atomic E-state index is 12.5. The summed E-state index contributed by atoms with van der Waals surface area (Å²) < 4.78 is 7.25. The number of rotatable bonds is 4. The monoisotopic (exact) mass is 369 g/mol. The molecule has 0 aliphatic heterocycles. The van der Waals surface area contributed by atoms with Gasteiger partial charge in [-0.1, -0.05) is 0 Å². The third-order valence-corrected chi connectivity index (χ3v) is 4.22. The number of fused-ring (bicyclic) bond motifs is 1. The first-order valence-corrected chi connectivity index (χ1v) is 8.57. The number of hydrogen-bond donors (Lipinski definition) is 2. The minimum Gasteiger partial charge on any atom is -0.491 e. The molecule has 0 radical (unpaired) electrons. The van der Waals surface area contributed by atoms with Crippen molar-refractivity contribution in [3.8, 4) is 5.75 Å². The lowest BCUT2D eigenvalue weighted by atomic mass is 10.1. The average molecular weight is 369 g/mol. The van der Waals surface area contributed by atoms with Crippen molar-refractivity contribution < 1.29 is 9.53 Å². The molecule has 3 rings (SSSR count). The topological polar surface area (TPSA) is 76.1 Å². The van der Waals surface area contributed by atoms with Gasteiger partial charge in [0.25, 0.3) is 11.5 Å². The van der Waals surface area contributed by atoms with Crippen LogP contribution in [0.5, 0.6) is 5.75 Å². The molecule has 0 aliphatic rings. The number of carbonyl (C=O) groups excluding carboxylic acids is 1. The van der Waals surface area contributed by atoms with Gasteiger partial charge in [-0.25, -0.2) is 0 Å². The molecule has 1 heterocycles. The van der Waals surface area contributed by atoms with Crippen LogP contribution < -0.4 is 15.6 Å². The lowest BCUT2D eigenvalue weighted by Gasteiger charge is -2.11. The van der Waals surface area contributed by atoms with Crippen LogP contribution in [0.1, 0.15) is 24.2 Å². The standard InChI is InChI=1S/C19H19N3O3S/c1-11(2)25-14-7-5-13(6-8-14)20-17(23)12-4-9-15-16(10-12)21-19(26)22(3)18(15)24/h4-11H,1-3H3,(H,20,23)(H,21,26). The molecule has 26 heavy (non-hydrogen) atoms. The molecule has 2 N–H and O–H groups in total. The molecule has 1 aromatic heterocycles. The van der Waals surface area contributed by atoms with Crippen molar-refractivity contribution in [2.75, 3.05) is 5.32 Å². The van der Waals surface area contributed by atoms with Crippen LogP contribution in [0.25, 0.3) is 10.9 Å². The van der Waals surface area contributed by atoms with E-state index in [2.05, 4.69) is 10.3 Å². The lowest BCUT2D eigenvalue weighted by Crippen LogP contribution is -2.19. The summed E-state index contributed by atoms with van der Waals surface area (Å²) in [5, 5.41) is 3.31. The number of anilines is 1. The Hall–Kier alpha value is -2.93. The highest BCUT2D eigenvalue weighted by Crippen LogP contribution is 2.18. The summed E-state index contributed by atoms with van der Waals surface area (Å²) in [6.07, 6.45) is 0.0891. The van der Waals surface area contributed by atoms with E-state index >= 15 is 0 Å². The van der Waals surface area contributed by atoms with E-state index < -0.39 is 0 Å². The molecular formula is C19H19N3O3S. The summed E-state index contributed by atoms with van der Waals surface area (Å²) >= 11 is 5.12. The van der Waals surface area contributed by atoms with Crippen LogP contribution in [-0.2, 0) is 7.05 Å². The predicted molar refractivity (Wildman–Crippen MR) is 105 cm³/mol. The largest absolute Gasteiger partial charge is 0.491 e. The maximum absolute atomic E-state index is 12.5. The summed E-state index contributed by atoms with van der Waals surface area (Å²) in [7, 11) is 1.61. The van der Waals surface area contributed by atoms with Gasteiger partial charge in [-0.2, -0.15) is 0 Å². The van der Waals surface area contributed by atoms with Gasteiger partial charge in [-0.15, -0.1) is 0 Å². The fraction of sp³-hybridized carbons (Fsp3) is 0.211. The molecule has 0 saturated carbocycles. The van der Waals surface area contributed by atoms with Crippen molar-refractivity contribution >= 4 is 34.7 Å². The molecule has 6 nitrogen and oxygen atoms in total. The van der Waals surface area contributed by atoms with E-state index in [4.69, 9.17) is 17.0 Å². The Morgan fingerprint density at radius 3 is 2.54 bits per heavy atom. The zero-order valence-electron chi connectivity index (χ0n) is 14.7. The van der Waals surface area contributed by atoms with E-state index in [1.807, 2.05) is 13.8 Å². The second-order valence-electron chi connectivity index (χ2n) is 6.20. The Labute approximate surface area is 155 Å². The fourth-order valence-corrected chi connectivity index (χ4v) is 2.73. The Bertz CT molecular complexity index is 1080. The normalized spacial score (nSPS) is 10.9. The molecule has 134 valence electrons. The second-order valence-corrected chi connectivity index (χ2v) is 6.59. The molecule has 0 aliphatic carbocycles. The maximum Gasteiger partial charge on any atom is 0.261 e. The number of nitrogens with one attached hydrogen (secondary N) is 2. The van der Waals surface area contributed by atoms with Crippen LogP contribution in [0.15, 0.2) is 47.3 Å². The number of aromatic amines is 1. The number of carbonyl (C=O) groups is 1. The van der Waals surface area contributed by atoms with Crippen LogP contribution >= 0.6 is 12.2 Å². The number of H-pyrrole nitrogens is 1. The van der Waals surface area contributed by atoms with Gasteiger partial charge in [0.15, 0.2) is 4.77 Å². The Balaban J connectivity index is 1.85. The van der Waals surface area contributed by atoms with E-state index in [-0.39, 0.29) is 17.6 Å². The van der Waals surface area contributed by atoms with Crippen molar-refractivity contribution in [3.63, 3.8) is 0 Å². The molecule has 0 unspecified atom stereocenters. The summed E-state index contributed by atoms with van der Waals surface area (Å²) in [6.45, 7) is 3.90. The van der Waals surface area contributed by atoms with Gasteiger partial charge in [0.05, 0.1) is 17.0 Å². The van der Waals surface area contributed by atoms with Crippen LogP contribution in [0.3, 0.4) is 0 Å². The van der Waals surface area contributed by atoms with Gasteiger partial charge >= 0.3 is 0 Å². The van der Waals surface area contributed by atoms with Crippen molar-refractivity contribution in [2.45, 2.75) is 20.0 Å². The molecule has 7 heteroatoms. The number of aromatic nitrogens is 2. The molecule has 1 amide bonds. The van der Waals surface area contributed by atoms with Gasteiger partial charge in [-0.05, 0) is 68.5 Å². The summed E-state index contributed by atoms with van der Waals surface area (Å²) in [5.41, 5.74) is 1.42. The highest BCUT2D eigenvalue weighted by Gasteiger charge is 2.10. The highest BCUT2D eigenvalue weighted by molar-refractivity contribution is 7.71. The zero-order chi connectivity index (χ0) is 18.8. The van der Waals surface area contributed by atoms with Crippen molar-refractivity contribution in [3.05, 3.63) is 63.2 Å². The zero-order valence-corrected chi connectivity index (χ0v) is 15.5. The Morgan fingerprint density at radius 1 is 1.19 bits per heavy atom. The first kappa shape index (κ1) is 17.9. The van der Waals surface area contributed by atoms with E-state index in [1.54, 1.807) is 49.5 Å². The lowest BCUT2D eigenvalue weighted by molar-refractivity contribution is 0.102. The van der Waals surface area contributed by atoms with Crippen LogP contribution in [0, 0.1) is 4.77 Å². The number of benzene rings is 2. The average Bonchev–Trinajstić information content (AvgIpc) is 2.60. The Kier molecular flexibility index (Phi) is 4.90. The molecule has 0 saturated heterocycles. The second kappa shape index (κ2) is 7.13. The summed E-state index contributed by atoms with van der Waals surface area (Å²) in [6, 6.07) is 12.0. The number of hydrogen-bond acceptors (Lipinski definition) is 4. The van der Waals surface area contributed by atoms with Gasteiger partial charge < -0.3 is 15.0 Å². The van der Waals surface area contributed by atoms with Crippen LogP contribution in [0.4, 0.5) is 5.69 Å². The quantitative estimate of drug-likeness (QED) is 0.689. The predicted octanol–water partition coefficient (Wildman–Crippen LogP) is 3.64. The minimum atomic E-state index is -0.274. The molecule has 0 fully saturated rings. The van der Waals surface area contributed by atoms with Crippen molar-refractivity contribution in [1.82, 2.24) is 9.55 Å². The van der Waals surface area contributed by atoms with E-state index in [0.29, 0.717) is 26.9 Å². The van der Waals surface area contributed by atoms with Crippen molar-refractivity contribution in [2.24, 2.45) is 7.05 Å². The SMILES string of the molecule is CC(C)Oc1ccc(NC(=O)c2ccc3c(=O)n(C)c(=S)[nH]c3c2)cc1. The third-order valence-electron chi connectivity index (χ3n) is 3.85. The molecular weight excluding hydrogens is 350 g/mol. The van der Waals surface area contributed by atoms with E-state index in [0.717, 1.165) is 5.75 Å². The van der Waals surface area contributed by atoms with Gasteiger partial charge in [-0.3, -0.25) is 14.2 Å². The van der Waals surface area contributed by atoms with Gasteiger partial charge in [0.1, 0.15) is 5.75 Å². The molecule has 3 aromatic rings. The van der Waals surface area contributed by atoms with Gasteiger partial charge in [0.2, 0.25) is 0 Å². The molecule has 0 spiro atoms. The summed E-state index contributed by atoms with van der Waals surface area (Å²) in [5.74, 6) is 0.469. The van der Waals surface area contributed by atoms with Crippen LogP contribution in [-0.4, -0.2) is 21.6 Å². The Morgan fingerprint density at radius 2 is 1.88 bits per heavy atom. The smallest absolute Gasteiger partial charge is 0.261 e.